The van der Waals surface area contributed by atoms with E-state index in [2.05, 4.69) is 47.7 Å². The van der Waals surface area contributed by atoms with Crippen molar-refractivity contribution >= 4 is 34.6 Å². The van der Waals surface area contributed by atoms with E-state index < -0.39 is 5.41 Å². The van der Waals surface area contributed by atoms with Crippen LogP contribution in [-0.4, -0.2) is 29.7 Å². The van der Waals surface area contributed by atoms with Crippen LogP contribution in [0.4, 0.5) is 0 Å². The van der Waals surface area contributed by atoms with E-state index in [1.807, 2.05) is 24.3 Å². The van der Waals surface area contributed by atoms with Gasteiger partial charge < -0.3 is 9.47 Å². The minimum atomic E-state index is -0.444. The molecular weight excluding hydrogens is 427 g/mol. The Morgan fingerprint density at radius 2 is 2.00 bits per heavy atom. The summed E-state index contributed by atoms with van der Waals surface area (Å²) in [6.07, 6.45) is 9.72. The standard InChI is InChI=1S/C21H29IO3/c1-2-19(24-16-8-12-18-10-4-3-5-11-18)21(13-6-7-14-21)20(23)25-17-9-15-22/h3-5,8,10-12,19H,2,6-7,9,13-17H2,1H3/b12-8-. The Hall–Kier alpha value is -0.880. The van der Waals surface area contributed by atoms with Gasteiger partial charge in [0, 0.05) is 4.43 Å². The number of hydrogen-bond acceptors (Lipinski definition) is 3. The van der Waals surface area contributed by atoms with Gasteiger partial charge in [-0.3, -0.25) is 4.79 Å². The summed E-state index contributed by atoms with van der Waals surface area (Å²) in [4.78, 5) is 12.8. The summed E-state index contributed by atoms with van der Waals surface area (Å²) in [6, 6.07) is 10.2. The molecule has 0 N–H and O–H groups in total. The number of esters is 1. The number of alkyl halides is 1. The van der Waals surface area contributed by atoms with Gasteiger partial charge in [-0.1, -0.05) is 84.8 Å². The molecule has 0 bridgehead atoms. The zero-order valence-electron chi connectivity index (χ0n) is 15.1. The predicted octanol–water partition coefficient (Wildman–Crippen LogP) is 5.42. The van der Waals surface area contributed by atoms with E-state index in [0.29, 0.717) is 13.2 Å². The van der Waals surface area contributed by atoms with Gasteiger partial charge in [0.25, 0.3) is 0 Å². The molecule has 0 aliphatic heterocycles. The average molecular weight is 456 g/mol. The van der Waals surface area contributed by atoms with Crippen molar-refractivity contribution in [1.29, 1.82) is 0 Å². The van der Waals surface area contributed by atoms with Crippen LogP contribution in [-0.2, 0) is 14.3 Å². The third-order valence-electron chi connectivity index (χ3n) is 4.90. The summed E-state index contributed by atoms with van der Waals surface area (Å²) in [5.74, 6) is -0.0475. The minimum absolute atomic E-state index is 0.0475. The van der Waals surface area contributed by atoms with Gasteiger partial charge in [0.15, 0.2) is 0 Å². The van der Waals surface area contributed by atoms with Crippen molar-refractivity contribution in [2.75, 3.05) is 17.6 Å². The highest BCUT2D eigenvalue weighted by molar-refractivity contribution is 14.1. The van der Waals surface area contributed by atoms with Gasteiger partial charge in [-0.2, -0.15) is 0 Å². The van der Waals surface area contributed by atoms with Crippen molar-refractivity contribution in [1.82, 2.24) is 0 Å². The van der Waals surface area contributed by atoms with Crippen molar-refractivity contribution < 1.29 is 14.3 Å². The molecule has 0 spiro atoms. The SMILES string of the molecule is CCC(OC/C=C\c1ccccc1)C1(C(=O)OCCCI)CCCC1. The average Bonchev–Trinajstić information content (AvgIpc) is 3.14. The Bertz CT molecular complexity index is 535. The molecule has 1 aromatic carbocycles. The number of rotatable bonds is 10. The molecule has 0 aromatic heterocycles. The topological polar surface area (TPSA) is 35.5 Å². The highest BCUT2D eigenvalue weighted by Crippen LogP contribution is 2.44. The van der Waals surface area contributed by atoms with E-state index in [0.717, 1.165) is 48.5 Å². The maximum Gasteiger partial charge on any atom is 0.314 e. The van der Waals surface area contributed by atoms with Crippen molar-refractivity contribution in [3.8, 4) is 0 Å². The summed E-state index contributed by atoms with van der Waals surface area (Å²) in [5.41, 5.74) is 0.716. The number of benzene rings is 1. The largest absolute Gasteiger partial charge is 0.465 e. The van der Waals surface area contributed by atoms with Crippen LogP contribution in [0.15, 0.2) is 36.4 Å². The lowest BCUT2D eigenvalue weighted by molar-refractivity contribution is -0.166. The molecule has 3 nitrogen and oxygen atoms in total. The second kappa shape index (κ2) is 11.0. The maximum atomic E-state index is 12.8. The molecule has 2 rings (SSSR count). The van der Waals surface area contributed by atoms with Crippen LogP contribution in [0, 0.1) is 5.41 Å². The van der Waals surface area contributed by atoms with Crippen LogP contribution in [0.5, 0.6) is 0 Å². The molecule has 138 valence electrons. The normalized spacial score (nSPS) is 17.7. The maximum absolute atomic E-state index is 12.8. The summed E-state index contributed by atoms with van der Waals surface area (Å²) < 4.78 is 12.7. The van der Waals surface area contributed by atoms with Gasteiger partial charge in [-0.25, -0.2) is 0 Å². The molecule has 0 radical (unpaired) electrons. The molecule has 1 atom stereocenters. The fourth-order valence-electron chi connectivity index (χ4n) is 3.61. The third-order valence-corrected chi connectivity index (χ3v) is 5.67. The molecule has 1 aliphatic carbocycles. The quantitative estimate of drug-likeness (QED) is 0.204. The van der Waals surface area contributed by atoms with Crippen molar-refractivity contribution in [2.45, 2.75) is 51.6 Å². The Kier molecular flexibility index (Phi) is 8.96. The number of hydrogen-bond donors (Lipinski definition) is 0. The Balaban J connectivity index is 1.94. The second-order valence-corrected chi connectivity index (χ2v) is 7.66. The smallest absolute Gasteiger partial charge is 0.314 e. The lowest BCUT2D eigenvalue weighted by Crippen LogP contribution is -2.43. The molecule has 0 amide bonds. The molecule has 0 saturated heterocycles. The van der Waals surface area contributed by atoms with Gasteiger partial charge in [0.1, 0.15) is 0 Å². The molecule has 1 aliphatic rings. The third kappa shape index (κ3) is 5.81. The van der Waals surface area contributed by atoms with E-state index in [1.54, 1.807) is 0 Å². The monoisotopic (exact) mass is 456 g/mol. The Labute approximate surface area is 165 Å². The zero-order chi connectivity index (χ0) is 18.0. The van der Waals surface area contributed by atoms with Crippen LogP contribution in [0.3, 0.4) is 0 Å². The van der Waals surface area contributed by atoms with Crippen molar-refractivity contribution in [3.63, 3.8) is 0 Å². The first kappa shape index (κ1) is 20.4. The molecular formula is C21H29IO3. The highest BCUT2D eigenvalue weighted by atomic mass is 127. The van der Waals surface area contributed by atoms with E-state index >= 15 is 0 Å². The first-order valence-corrected chi connectivity index (χ1v) is 10.8. The van der Waals surface area contributed by atoms with Crippen LogP contribution >= 0.6 is 22.6 Å². The summed E-state index contributed by atoms with van der Waals surface area (Å²) >= 11 is 2.31. The van der Waals surface area contributed by atoms with Crippen LogP contribution in [0.25, 0.3) is 6.08 Å². The zero-order valence-corrected chi connectivity index (χ0v) is 17.2. The first-order chi connectivity index (χ1) is 12.2. The molecule has 0 heterocycles. The summed E-state index contributed by atoms with van der Waals surface area (Å²) in [7, 11) is 0. The highest BCUT2D eigenvalue weighted by Gasteiger charge is 2.48. The number of halogens is 1. The molecule has 1 unspecified atom stereocenters. The summed E-state index contributed by atoms with van der Waals surface area (Å²) in [6.45, 7) is 3.15. The van der Waals surface area contributed by atoms with Crippen molar-refractivity contribution in [3.05, 3.63) is 42.0 Å². The van der Waals surface area contributed by atoms with Gasteiger partial charge in [-0.05, 0) is 31.2 Å². The van der Waals surface area contributed by atoms with Crippen LogP contribution < -0.4 is 0 Å². The second-order valence-electron chi connectivity index (χ2n) is 6.58. The fraction of sp³-hybridized carbons (Fsp3) is 0.571. The lowest BCUT2D eigenvalue weighted by atomic mass is 9.79. The molecule has 4 heteroatoms. The molecule has 1 saturated carbocycles. The summed E-state index contributed by atoms with van der Waals surface area (Å²) in [5, 5.41) is 0. The van der Waals surface area contributed by atoms with Crippen LogP contribution in [0.2, 0.25) is 0 Å². The Morgan fingerprint density at radius 1 is 1.28 bits per heavy atom. The molecule has 1 aromatic rings. The van der Waals surface area contributed by atoms with Crippen LogP contribution in [0.1, 0.15) is 51.0 Å². The fourth-order valence-corrected chi connectivity index (χ4v) is 3.93. The van der Waals surface area contributed by atoms with E-state index in [1.165, 1.54) is 0 Å². The van der Waals surface area contributed by atoms with Gasteiger partial charge in [0.2, 0.25) is 0 Å². The van der Waals surface area contributed by atoms with Gasteiger partial charge in [0.05, 0.1) is 24.7 Å². The predicted molar refractivity (Wildman–Crippen MR) is 111 cm³/mol. The van der Waals surface area contributed by atoms with E-state index in [-0.39, 0.29) is 12.1 Å². The van der Waals surface area contributed by atoms with E-state index in [4.69, 9.17) is 9.47 Å². The number of carbonyl (C=O) groups excluding carboxylic acids is 1. The Morgan fingerprint density at radius 3 is 2.64 bits per heavy atom. The van der Waals surface area contributed by atoms with E-state index in [9.17, 15) is 4.79 Å². The van der Waals surface area contributed by atoms with Crippen molar-refractivity contribution in [2.24, 2.45) is 5.41 Å². The minimum Gasteiger partial charge on any atom is -0.465 e. The molecule has 25 heavy (non-hydrogen) atoms. The lowest BCUT2D eigenvalue weighted by Gasteiger charge is -2.34. The molecule has 1 fully saturated rings. The van der Waals surface area contributed by atoms with Gasteiger partial charge >= 0.3 is 5.97 Å². The van der Waals surface area contributed by atoms with Gasteiger partial charge in [-0.15, -0.1) is 0 Å². The number of carbonyl (C=O) groups is 1. The number of ether oxygens (including phenoxy) is 2. The first-order valence-electron chi connectivity index (χ1n) is 9.29.